The Labute approximate surface area is 437 Å². The topological polar surface area (TPSA) is 95.9 Å². The van der Waals surface area contributed by atoms with E-state index in [9.17, 15) is 19.8 Å². The third kappa shape index (κ3) is 55.7. The summed E-state index contributed by atoms with van der Waals surface area (Å²) in [4.78, 5) is 24.6. The highest BCUT2D eigenvalue weighted by molar-refractivity contribution is 5.76. The van der Waals surface area contributed by atoms with Gasteiger partial charge in [-0.15, -0.1) is 0 Å². The smallest absolute Gasteiger partial charge is 0.305 e. The van der Waals surface area contributed by atoms with Gasteiger partial charge in [0, 0.05) is 12.8 Å². The molecular formula is C64H123NO5. The molecule has 2 unspecified atom stereocenters. The number of esters is 1. The van der Waals surface area contributed by atoms with Crippen LogP contribution in [0.1, 0.15) is 348 Å². The maximum Gasteiger partial charge on any atom is 0.305 e. The van der Waals surface area contributed by atoms with Gasteiger partial charge >= 0.3 is 5.97 Å². The summed E-state index contributed by atoms with van der Waals surface area (Å²) in [5, 5.41) is 23.4. The Kier molecular flexibility index (Phi) is 58.5. The molecule has 0 aromatic carbocycles. The molecule has 3 N–H and O–H groups in total. The number of amides is 1. The molecule has 0 heterocycles. The van der Waals surface area contributed by atoms with Crippen LogP contribution in [0.5, 0.6) is 0 Å². The number of allylic oxidation sites excluding steroid dienone is 4. The number of nitrogens with one attached hydrogen (secondary N) is 1. The summed E-state index contributed by atoms with van der Waals surface area (Å²) in [6.45, 7) is 4.93. The summed E-state index contributed by atoms with van der Waals surface area (Å²) >= 11 is 0. The summed E-state index contributed by atoms with van der Waals surface area (Å²) in [5.41, 5.74) is 0. The molecule has 0 aliphatic heterocycles. The van der Waals surface area contributed by atoms with E-state index in [4.69, 9.17) is 4.74 Å². The van der Waals surface area contributed by atoms with Gasteiger partial charge in [-0.25, -0.2) is 0 Å². The highest BCUT2D eigenvalue weighted by Gasteiger charge is 2.20. The first-order valence-corrected chi connectivity index (χ1v) is 31.6. The van der Waals surface area contributed by atoms with Gasteiger partial charge in [0.15, 0.2) is 0 Å². The van der Waals surface area contributed by atoms with Crippen LogP contribution in [-0.2, 0) is 14.3 Å². The first-order valence-electron chi connectivity index (χ1n) is 31.6. The van der Waals surface area contributed by atoms with Crippen molar-refractivity contribution in [2.24, 2.45) is 0 Å². The minimum Gasteiger partial charge on any atom is -0.466 e. The lowest BCUT2D eigenvalue weighted by Gasteiger charge is -2.22. The minimum absolute atomic E-state index is 0.0149. The van der Waals surface area contributed by atoms with Gasteiger partial charge in [-0.3, -0.25) is 9.59 Å². The number of aliphatic hydroxyl groups is 2. The first kappa shape index (κ1) is 68.3. The zero-order valence-electron chi connectivity index (χ0n) is 47.3. The molecule has 0 saturated heterocycles. The lowest BCUT2D eigenvalue weighted by atomic mass is 10.0. The molecule has 70 heavy (non-hydrogen) atoms. The quantitative estimate of drug-likeness (QED) is 0.0321. The molecule has 0 spiro atoms. The number of aliphatic hydroxyl groups excluding tert-OH is 2. The minimum atomic E-state index is -0.683. The van der Waals surface area contributed by atoms with Crippen LogP contribution in [0.3, 0.4) is 0 Å². The Morgan fingerprint density at radius 3 is 1.03 bits per heavy atom. The van der Waals surface area contributed by atoms with Gasteiger partial charge < -0.3 is 20.3 Å². The zero-order valence-corrected chi connectivity index (χ0v) is 47.3. The molecule has 1 amide bonds. The molecule has 0 bridgehead atoms. The molecule has 0 radical (unpaired) electrons. The van der Waals surface area contributed by atoms with Crippen LogP contribution >= 0.6 is 0 Å². The van der Waals surface area contributed by atoms with Crippen molar-refractivity contribution in [3.8, 4) is 0 Å². The second-order valence-electron chi connectivity index (χ2n) is 21.7. The SMILES string of the molecule is CCCCCCCC/C=C\CCCCCCCCCC(=O)OCCCCCCCC/C=C\CCCCCC(=O)NC(CO)C(O)CCCCCCCCCCCCCCCCCCCCCCCCC. The van der Waals surface area contributed by atoms with Crippen molar-refractivity contribution in [3.63, 3.8) is 0 Å². The zero-order chi connectivity index (χ0) is 50.7. The average Bonchev–Trinajstić information content (AvgIpc) is 3.36. The Balaban J connectivity index is 3.47. The Morgan fingerprint density at radius 1 is 0.386 bits per heavy atom. The predicted octanol–water partition coefficient (Wildman–Crippen LogP) is 19.8. The highest BCUT2D eigenvalue weighted by atomic mass is 16.5. The number of hydrogen-bond acceptors (Lipinski definition) is 5. The van der Waals surface area contributed by atoms with E-state index in [-0.39, 0.29) is 18.5 Å². The molecule has 6 nitrogen and oxygen atoms in total. The van der Waals surface area contributed by atoms with Crippen LogP contribution in [0, 0.1) is 0 Å². The van der Waals surface area contributed by atoms with Gasteiger partial charge in [0.25, 0.3) is 0 Å². The van der Waals surface area contributed by atoms with Gasteiger partial charge in [-0.1, -0.05) is 282 Å². The van der Waals surface area contributed by atoms with E-state index in [0.29, 0.717) is 25.9 Å². The largest absolute Gasteiger partial charge is 0.466 e. The summed E-state index contributed by atoms with van der Waals surface area (Å²) in [6, 6.07) is -0.563. The fourth-order valence-electron chi connectivity index (χ4n) is 9.87. The van der Waals surface area contributed by atoms with Crippen molar-refractivity contribution in [1.29, 1.82) is 0 Å². The number of carbonyl (C=O) groups is 2. The predicted molar refractivity (Wildman–Crippen MR) is 306 cm³/mol. The van der Waals surface area contributed by atoms with Crippen LogP contribution in [0.25, 0.3) is 0 Å². The van der Waals surface area contributed by atoms with Crippen molar-refractivity contribution < 1.29 is 24.5 Å². The van der Waals surface area contributed by atoms with E-state index in [1.165, 1.54) is 244 Å². The standard InChI is InChI=1S/C64H123NO5/c1-3-5-7-9-11-13-15-17-19-21-22-23-24-25-26-28-29-32-36-40-44-48-52-56-62(67)61(60-66)65-63(68)57-53-49-45-41-37-33-31-35-39-43-47-51-55-59-70-64(69)58-54-50-46-42-38-34-30-27-20-18-16-14-12-10-8-6-4-2/h18,20,33,37,61-62,66-67H,3-17,19,21-32,34-36,38-60H2,1-2H3,(H,65,68)/b20-18-,37-33-. The van der Waals surface area contributed by atoms with Crippen molar-refractivity contribution in [1.82, 2.24) is 5.32 Å². The summed E-state index contributed by atoms with van der Waals surface area (Å²) < 4.78 is 5.48. The third-order valence-corrected chi connectivity index (χ3v) is 14.7. The van der Waals surface area contributed by atoms with Crippen LogP contribution in [0.15, 0.2) is 24.3 Å². The van der Waals surface area contributed by atoms with Crippen LogP contribution in [0.4, 0.5) is 0 Å². The molecule has 0 aromatic heterocycles. The average molecular weight is 987 g/mol. The lowest BCUT2D eigenvalue weighted by molar-refractivity contribution is -0.143. The lowest BCUT2D eigenvalue weighted by Crippen LogP contribution is -2.45. The summed E-state index contributed by atoms with van der Waals surface area (Å²) in [6.07, 6.45) is 73.3. The van der Waals surface area contributed by atoms with Crippen LogP contribution in [-0.4, -0.2) is 47.4 Å². The normalized spacial score (nSPS) is 12.7. The maximum absolute atomic E-state index is 12.5. The fraction of sp³-hybridized carbons (Fsp3) is 0.906. The Morgan fingerprint density at radius 2 is 0.671 bits per heavy atom. The van der Waals surface area contributed by atoms with Crippen LogP contribution < -0.4 is 5.32 Å². The monoisotopic (exact) mass is 986 g/mol. The van der Waals surface area contributed by atoms with Crippen molar-refractivity contribution >= 4 is 11.9 Å². The highest BCUT2D eigenvalue weighted by Crippen LogP contribution is 2.18. The second kappa shape index (κ2) is 59.9. The molecule has 0 aromatic rings. The molecular weight excluding hydrogens is 863 g/mol. The van der Waals surface area contributed by atoms with Crippen molar-refractivity contribution in [3.05, 3.63) is 24.3 Å². The molecule has 2 atom stereocenters. The van der Waals surface area contributed by atoms with Gasteiger partial charge in [0.05, 0.1) is 25.4 Å². The van der Waals surface area contributed by atoms with E-state index in [0.717, 1.165) is 70.6 Å². The molecule has 6 heteroatoms. The molecule has 0 fully saturated rings. The second-order valence-corrected chi connectivity index (χ2v) is 21.7. The number of ether oxygens (including phenoxy) is 1. The number of hydrogen-bond donors (Lipinski definition) is 3. The van der Waals surface area contributed by atoms with E-state index in [1.54, 1.807) is 0 Å². The van der Waals surface area contributed by atoms with E-state index >= 15 is 0 Å². The van der Waals surface area contributed by atoms with Crippen molar-refractivity contribution in [2.45, 2.75) is 360 Å². The third-order valence-electron chi connectivity index (χ3n) is 14.7. The fourth-order valence-corrected chi connectivity index (χ4v) is 9.87. The maximum atomic E-state index is 12.5. The van der Waals surface area contributed by atoms with Crippen LogP contribution in [0.2, 0.25) is 0 Å². The Bertz CT molecular complexity index is 1090. The van der Waals surface area contributed by atoms with Gasteiger partial charge in [-0.2, -0.15) is 0 Å². The van der Waals surface area contributed by atoms with Gasteiger partial charge in [-0.05, 0) is 77.0 Å². The number of unbranched alkanes of at least 4 members (excludes halogenated alkanes) is 44. The van der Waals surface area contributed by atoms with Crippen molar-refractivity contribution in [2.75, 3.05) is 13.2 Å². The van der Waals surface area contributed by atoms with E-state index in [2.05, 4.69) is 43.5 Å². The number of rotatable bonds is 59. The molecule has 414 valence electrons. The first-order chi connectivity index (χ1) is 34.5. The molecule has 0 aliphatic carbocycles. The van der Waals surface area contributed by atoms with Gasteiger partial charge in [0.1, 0.15) is 0 Å². The molecule has 0 rings (SSSR count). The van der Waals surface area contributed by atoms with E-state index in [1.807, 2.05) is 0 Å². The molecule has 0 saturated carbocycles. The molecule has 0 aliphatic rings. The van der Waals surface area contributed by atoms with E-state index < -0.39 is 12.1 Å². The Hall–Kier alpha value is -1.66. The van der Waals surface area contributed by atoms with Gasteiger partial charge in [0.2, 0.25) is 5.91 Å². The summed E-state index contributed by atoms with van der Waals surface area (Å²) in [5.74, 6) is -0.0764. The number of carbonyl (C=O) groups excluding carboxylic acids is 2. The summed E-state index contributed by atoms with van der Waals surface area (Å²) in [7, 11) is 0.